The van der Waals surface area contributed by atoms with Crippen molar-refractivity contribution in [2.24, 2.45) is 0 Å². The van der Waals surface area contributed by atoms with Crippen molar-refractivity contribution in [3.63, 3.8) is 0 Å². The zero-order valence-electron chi connectivity index (χ0n) is 25.4. The van der Waals surface area contributed by atoms with Gasteiger partial charge in [-0.1, -0.05) is 6.58 Å². The Labute approximate surface area is 269 Å². The van der Waals surface area contributed by atoms with Gasteiger partial charge >= 0.3 is 21.7 Å². The normalized spacial score (nSPS) is 14.1. The molecule has 258 valence electrons. The summed E-state index contributed by atoms with van der Waals surface area (Å²) >= 11 is 0.464. The van der Waals surface area contributed by atoms with Crippen LogP contribution in [-0.2, 0) is 37.4 Å². The summed E-state index contributed by atoms with van der Waals surface area (Å²) in [6.07, 6.45) is 1.73. The number of fused-ring (bicyclic) bond motifs is 2. The molecule has 19 heteroatoms. The number of hydrogen-bond donors (Lipinski definition) is 0. The topological polar surface area (TPSA) is 122 Å². The number of halogens is 6. The van der Waals surface area contributed by atoms with Gasteiger partial charge in [0.05, 0.1) is 38.0 Å². The predicted molar refractivity (Wildman–Crippen MR) is 160 cm³/mol. The molecule has 1 aliphatic heterocycles. The lowest BCUT2D eigenvalue weighted by Gasteiger charge is -2.30. The summed E-state index contributed by atoms with van der Waals surface area (Å²) in [6, 6.07) is 1.36. The summed E-state index contributed by atoms with van der Waals surface area (Å²) in [5.74, 6) is -3.38. The van der Waals surface area contributed by atoms with Gasteiger partial charge in [0.25, 0.3) is 5.88 Å². The molecule has 1 amide bonds. The number of hydrogen-bond acceptors (Lipinski definition) is 10. The molecule has 0 N–H and O–H groups in total. The van der Waals surface area contributed by atoms with Crippen molar-refractivity contribution in [3.8, 4) is 17.3 Å². The van der Waals surface area contributed by atoms with E-state index in [1.165, 1.54) is 21.9 Å². The molecule has 47 heavy (non-hydrogen) atoms. The first-order valence-electron chi connectivity index (χ1n) is 13.4. The van der Waals surface area contributed by atoms with Crippen LogP contribution < -0.4 is 4.18 Å². The minimum Gasteiger partial charge on any atom is -0.499 e. The number of amides is 1. The molecule has 3 aromatic heterocycles. The van der Waals surface area contributed by atoms with Crippen LogP contribution in [0.2, 0.25) is 0 Å². The number of ether oxygens (including phenoxy) is 3. The van der Waals surface area contributed by atoms with Gasteiger partial charge in [0.15, 0.2) is 0 Å². The zero-order chi connectivity index (χ0) is 35.2. The third-order valence-corrected chi connectivity index (χ3v) is 7.75. The van der Waals surface area contributed by atoms with Gasteiger partial charge in [-0.25, -0.2) is 22.9 Å². The molecule has 0 saturated heterocycles. The van der Waals surface area contributed by atoms with E-state index in [4.69, 9.17) is 9.47 Å². The Hall–Kier alpha value is -4.10. The van der Waals surface area contributed by atoms with E-state index >= 15 is 0 Å². The van der Waals surface area contributed by atoms with Gasteiger partial charge in [0, 0.05) is 36.1 Å². The van der Waals surface area contributed by atoms with Crippen LogP contribution in [-0.4, -0.2) is 72.2 Å². The maximum Gasteiger partial charge on any atom is 0.534 e. The molecule has 11 nitrogen and oxygen atoms in total. The van der Waals surface area contributed by atoms with Crippen LogP contribution in [0.15, 0.2) is 42.5 Å². The average molecular weight is 713 g/mol. The summed E-state index contributed by atoms with van der Waals surface area (Å²) in [4.78, 5) is 17.8. The molecule has 0 saturated carbocycles. The van der Waals surface area contributed by atoms with Gasteiger partial charge in [-0.15, -0.1) is 11.3 Å². The van der Waals surface area contributed by atoms with Crippen LogP contribution in [0, 0.1) is 5.82 Å². The highest BCUT2D eigenvalue weighted by Crippen LogP contribution is 2.42. The maximum absolute atomic E-state index is 14.9. The minimum atomic E-state index is -6.22. The van der Waals surface area contributed by atoms with Gasteiger partial charge in [-0.3, -0.25) is 4.68 Å². The third-order valence-electron chi connectivity index (χ3n) is 5.87. The Balaban J connectivity index is 0.000000771. The van der Waals surface area contributed by atoms with Crippen molar-refractivity contribution in [1.29, 1.82) is 0 Å². The average Bonchev–Trinajstić information content (AvgIpc) is 3.57. The van der Waals surface area contributed by atoms with E-state index in [1.54, 1.807) is 27.9 Å². The Kier molecular flexibility index (Phi) is 12.1. The lowest BCUT2D eigenvalue weighted by molar-refractivity contribution is -0.0500. The van der Waals surface area contributed by atoms with Gasteiger partial charge in [0.1, 0.15) is 39.9 Å². The summed E-state index contributed by atoms with van der Waals surface area (Å²) < 4.78 is 125. The molecule has 0 fully saturated rings. The fourth-order valence-corrected chi connectivity index (χ4v) is 5.27. The monoisotopic (exact) mass is 712 g/mol. The molecule has 0 aromatic carbocycles. The summed E-state index contributed by atoms with van der Waals surface area (Å²) in [5, 5.41) is 4.61. The van der Waals surface area contributed by atoms with Gasteiger partial charge in [0.2, 0.25) is 0 Å². The lowest BCUT2D eigenvalue weighted by Crippen LogP contribution is -2.41. The van der Waals surface area contributed by atoms with E-state index in [0.717, 1.165) is 5.38 Å². The lowest BCUT2D eigenvalue weighted by atomic mass is 10.1. The highest BCUT2D eigenvalue weighted by atomic mass is 32.2. The molecule has 3 aromatic rings. The Morgan fingerprint density at radius 3 is 2.49 bits per heavy atom. The number of rotatable bonds is 9. The molecule has 0 unspecified atom stereocenters. The largest absolute Gasteiger partial charge is 0.534 e. The van der Waals surface area contributed by atoms with E-state index in [9.17, 15) is 39.6 Å². The molecule has 4 rings (SSSR count). The van der Waals surface area contributed by atoms with Crippen LogP contribution >= 0.6 is 11.3 Å². The first kappa shape index (κ1) is 37.4. The highest BCUT2D eigenvalue weighted by Gasteiger charge is 2.49. The first-order valence-corrected chi connectivity index (χ1v) is 15.7. The fourth-order valence-electron chi connectivity index (χ4n) is 3.95. The Morgan fingerprint density at radius 2 is 1.89 bits per heavy atom. The molecule has 0 spiro atoms. The van der Waals surface area contributed by atoms with Crippen LogP contribution in [0.3, 0.4) is 0 Å². The predicted octanol–water partition coefficient (Wildman–Crippen LogP) is 6.86. The van der Waals surface area contributed by atoms with Crippen molar-refractivity contribution < 1.29 is 57.9 Å². The smallest absolute Gasteiger partial charge is 0.499 e. The third kappa shape index (κ3) is 9.48. The van der Waals surface area contributed by atoms with E-state index < -0.39 is 60.6 Å². The number of allylic oxidation sites excluding steroid dienone is 2. The zero-order valence-corrected chi connectivity index (χ0v) is 27.1. The van der Waals surface area contributed by atoms with Crippen molar-refractivity contribution in [2.45, 2.75) is 45.0 Å². The number of aromatic nitrogens is 3. The summed E-state index contributed by atoms with van der Waals surface area (Å²) in [5.41, 5.74) is -7.14. The molecule has 1 aliphatic rings. The Morgan fingerprint density at radius 1 is 1.19 bits per heavy atom. The first-order chi connectivity index (χ1) is 21.9. The molecule has 0 bridgehead atoms. The Bertz CT molecular complexity index is 1760. The molecule has 0 atom stereocenters. The van der Waals surface area contributed by atoms with Crippen molar-refractivity contribution in [2.75, 3.05) is 26.9 Å². The number of pyridine rings is 1. The molecule has 0 aliphatic carbocycles. The van der Waals surface area contributed by atoms with Crippen molar-refractivity contribution in [1.82, 2.24) is 19.7 Å². The molecular weight excluding hydrogens is 682 g/mol. The molecular formula is C28H30F6N4O7S2. The molecule has 4 heterocycles. The number of alkyl halides is 3. The standard InChI is InChI=1S/C23H20F6N4O5S2.C5H10O2/c1-22(2,3)37-21(34)32-6-7-33-13(10-32)9-16(31-33)18-14(8-12(25)4-5-24)17-15(26)11-39-19(17)20(30-18)38-40(35,36)23(27,28)29;1-3-7-5-4-6-2/h4-5,8-9,11H,6-7,10H2,1-3H3;3H,1,4-5H2,2H3/b5-4+,12-8?;. The van der Waals surface area contributed by atoms with Crippen LogP contribution in [0.1, 0.15) is 32.0 Å². The van der Waals surface area contributed by atoms with Gasteiger partial charge in [-0.2, -0.15) is 26.7 Å². The van der Waals surface area contributed by atoms with Crippen LogP contribution in [0.5, 0.6) is 5.88 Å². The van der Waals surface area contributed by atoms with Crippen LogP contribution in [0.25, 0.3) is 27.6 Å². The summed E-state index contributed by atoms with van der Waals surface area (Å²) in [6.45, 7) is 9.97. The SMILES string of the molecule is C=COCCOC.CC(C)(C)OC(=O)N1CCn2nc(-c3nc(OS(=O)(=O)C(F)(F)F)c4scc(F)c4c3C=C(F)/C=C/F)cc2C1. The van der Waals surface area contributed by atoms with Gasteiger partial charge in [-0.05, 0) is 32.9 Å². The number of carbonyl (C=O) groups is 1. The van der Waals surface area contributed by atoms with Crippen molar-refractivity contribution in [3.05, 3.63) is 59.6 Å². The van der Waals surface area contributed by atoms with E-state index in [0.29, 0.717) is 42.4 Å². The van der Waals surface area contributed by atoms with Crippen LogP contribution in [0.4, 0.5) is 31.1 Å². The quantitative estimate of drug-likeness (QED) is 0.0585. The number of thiophene rings is 1. The van der Waals surface area contributed by atoms with E-state index in [2.05, 4.69) is 25.6 Å². The number of carbonyl (C=O) groups excluding carboxylic acids is 1. The van der Waals surface area contributed by atoms with Crippen molar-refractivity contribution >= 4 is 43.7 Å². The second kappa shape index (κ2) is 15.2. The second-order valence-corrected chi connectivity index (χ2v) is 12.9. The minimum absolute atomic E-state index is 0.00704. The van der Waals surface area contributed by atoms with E-state index in [-0.39, 0.29) is 37.2 Å². The number of nitrogens with zero attached hydrogens (tertiary/aromatic N) is 4. The van der Waals surface area contributed by atoms with Gasteiger partial charge < -0.3 is 23.3 Å². The van der Waals surface area contributed by atoms with E-state index in [1.807, 2.05) is 0 Å². The summed E-state index contributed by atoms with van der Waals surface area (Å²) in [7, 11) is -4.59. The number of methoxy groups -OCH3 is 1. The second-order valence-electron chi connectivity index (χ2n) is 10.4. The maximum atomic E-state index is 14.9. The highest BCUT2D eigenvalue weighted by molar-refractivity contribution is 7.88. The molecule has 0 radical (unpaired) electrons. The fraction of sp³-hybridized carbons (Fsp3) is 0.393.